The first-order chi connectivity index (χ1) is 8.31. The van der Waals surface area contributed by atoms with Crippen molar-refractivity contribution in [2.24, 2.45) is 0 Å². The summed E-state index contributed by atoms with van der Waals surface area (Å²) in [5.74, 6) is 0.243. The molecule has 6 nitrogen and oxygen atoms in total. The molecule has 17 heavy (non-hydrogen) atoms. The summed E-state index contributed by atoms with van der Waals surface area (Å²) in [5.41, 5.74) is 0. The van der Waals surface area contributed by atoms with Gasteiger partial charge in [0.25, 0.3) is 0 Å². The molecule has 1 amide bonds. The van der Waals surface area contributed by atoms with E-state index in [0.717, 1.165) is 5.16 Å². The van der Waals surface area contributed by atoms with Crippen LogP contribution in [-0.2, 0) is 4.79 Å². The van der Waals surface area contributed by atoms with Crippen molar-refractivity contribution in [1.82, 2.24) is 20.1 Å². The first-order valence-corrected chi connectivity index (χ1v) is 6.46. The van der Waals surface area contributed by atoms with Crippen LogP contribution in [-0.4, -0.2) is 33.0 Å². The number of carbonyl (C=O) groups is 1. The van der Waals surface area contributed by atoms with Gasteiger partial charge in [-0.3, -0.25) is 4.79 Å². The molecule has 1 aromatic rings. The lowest BCUT2D eigenvalue weighted by molar-refractivity contribution is -0.118. The molecule has 90 valence electrons. The number of nitrogens with one attached hydrogen (secondary N) is 1. The van der Waals surface area contributed by atoms with Crippen molar-refractivity contribution in [3.63, 3.8) is 0 Å². The van der Waals surface area contributed by atoms with Crippen molar-refractivity contribution < 1.29 is 4.79 Å². The molecule has 0 radical (unpaired) electrons. The maximum Gasteiger partial charge on any atom is 0.230 e. The van der Waals surface area contributed by atoms with Crippen molar-refractivity contribution in [3.05, 3.63) is 6.33 Å². The highest BCUT2D eigenvalue weighted by atomic mass is 32.2. The van der Waals surface area contributed by atoms with Gasteiger partial charge in [-0.1, -0.05) is 11.8 Å². The van der Waals surface area contributed by atoms with E-state index in [1.807, 2.05) is 10.6 Å². The fourth-order valence-corrected chi connectivity index (χ4v) is 2.19. The Balaban J connectivity index is 1.75. The number of nitriles is 1. The van der Waals surface area contributed by atoms with Crippen LogP contribution >= 0.6 is 11.8 Å². The van der Waals surface area contributed by atoms with Crippen LogP contribution in [0.4, 0.5) is 0 Å². The molecular formula is C10H13N5OS. The number of amides is 1. The number of thioether (sulfide) groups is 1. The predicted octanol–water partition coefficient (Wildman–Crippen LogP) is 0.735. The molecule has 1 saturated carbocycles. The summed E-state index contributed by atoms with van der Waals surface area (Å²) >= 11 is 1.38. The minimum absolute atomic E-state index is 0.0735. The number of hydrogen-bond donors (Lipinski definition) is 1. The highest BCUT2D eigenvalue weighted by Crippen LogP contribution is 2.37. The topological polar surface area (TPSA) is 83.6 Å². The Labute approximate surface area is 103 Å². The third-order valence-corrected chi connectivity index (χ3v) is 3.33. The van der Waals surface area contributed by atoms with Gasteiger partial charge in [-0.25, -0.2) is 0 Å². The molecule has 1 N–H and O–H groups in total. The maximum absolute atomic E-state index is 11.4. The number of aromatic nitrogens is 3. The number of nitrogens with zero attached hydrogens (tertiary/aromatic N) is 4. The lowest BCUT2D eigenvalue weighted by Gasteiger charge is -2.04. The van der Waals surface area contributed by atoms with Crippen LogP contribution in [0, 0.1) is 11.3 Å². The predicted molar refractivity (Wildman–Crippen MR) is 62.3 cm³/mol. The van der Waals surface area contributed by atoms with Crippen LogP contribution in [0.2, 0.25) is 0 Å². The fourth-order valence-electron chi connectivity index (χ4n) is 1.38. The Morgan fingerprint density at radius 3 is 3.24 bits per heavy atom. The summed E-state index contributed by atoms with van der Waals surface area (Å²) in [6, 6.07) is 2.50. The third-order valence-electron chi connectivity index (χ3n) is 2.37. The molecule has 0 aliphatic heterocycles. The quantitative estimate of drug-likeness (QED) is 0.595. The number of hydrogen-bond acceptors (Lipinski definition) is 5. The Morgan fingerprint density at radius 2 is 2.53 bits per heavy atom. The average molecular weight is 251 g/mol. The zero-order valence-corrected chi connectivity index (χ0v) is 10.1. The highest BCUT2D eigenvalue weighted by molar-refractivity contribution is 7.99. The van der Waals surface area contributed by atoms with Crippen molar-refractivity contribution in [2.45, 2.75) is 30.5 Å². The molecule has 1 aliphatic carbocycles. The summed E-state index contributed by atoms with van der Waals surface area (Å²) < 4.78 is 2.02. The van der Waals surface area contributed by atoms with E-state index >= 15 is 0 Å². The van der Waals surface area contributed by atoms with Gasteiger partial charge in [-0.2, -0.15) is 5.26 Å². The first kappa shape index (κ1) is 11.9. The fraction of sp³-hybridized carbons (Fsp3) is 0.600. The Morgan fingerprint density at radius 1 is 1.71 bits per heavy atom. The van der Waals surface area contributed by atoms with Gasteiger partial charge in [-0.05, 0) is 12.8 Å². The van der Waals surface area contributed by atoms with Crippen molar-refractivity contribution in [2.75, 3.05) is 12.3 Å². The third kappa shape index (κ3) is 3.46. The average Bonchev–Trinajstić information content (AvgIpc) is 3.06. The molecule has 2 rings (SSSR count). The Bertz CT molecular complexity index is 434. The minimum atomic E-state index is -0.0735. The standard InChI is InChI=1S/C10H13N5OS/c11-4-1-5-12-9(16)6-17-10-14-13-7-15(10)8-2-3-8/h7-8H,1-3,5-6H2,(H,12,16). The molecule has 1 aliphatic rings. The van der Waals surface area contributed by atoms with E-state index in [4.69, 9.17) is 5.26 Å². The molecule has 0 spiro atoms. The van der Waals surface area contributed by atoms with E-state index in [9.17, 15) is 4.79 Å². The molecule has 0 aromatic carbocycles. The highest BCUT2D eigenvalue weighted by Gasteiger charge is 2.26. The molecule has 7 heteroatoms. The van der Waals surface area contributed by atoms with Gasteiger partial charge in [0.2, 0.25) is 5.91 Å². The zero-order valence-electron chi connectivity index (χ0n) is 9.30. The monoisotopic (exact) mass is 251 g/mol. The molecular weight excluding hydrogens is 238 g/mol. The van der Waals surface area contributed by atoms with Crippen LogP contribution < -0.4 is 5.32 Å². The van der Waals surface area contributed by atoms with Crippen molar-refractivity contribution in [1.29, 1.82) is 5.26 Å². The summed E-state index contributed by atoms with van der Waals surface area (Å²) in [6.07, 6.45) is 4.39. The van der Waals surface area contributed by atoms with Gasteiger partial charge >= 0.3 is 0 Å². The summed E-state index contributed by atoms with van der Waals surface area (Å²) in [4.78, 5) is 11.4. The van der Waals surface area contributed by atoms with Crippen LogP contribution in [0.25, 0.3) is 0 Å². The van der Waals surface area contributed by atoms with Gasteiger partial charge in [0.15, 0.2) is 5.16 Å². The Hall–Kier alpha value is -1.55. The molecule has 0 saturated heterocycles. The molecule has 1 heterocycles. The summed E-state index contributed by atoms with van der Waals surface area (Å²) in [7, 11) is 0. The smallest absolute Gasteiger partial charge is 0.230 e. The van der Waals surface area contributed by atoms with Crippen molar-refractivity contribution in [3.8, 4) is 6.07 Å². The van der Waals surface area contributed by atoms with E-state index in [2.05, 4.69) is 15.5 Å². The van der Waals surface area contributed by atoms with E-state index in [1.54, 1.807) is 6.33 Å². The summed E-state index contributed by atoms with van der Waals surface area (Å²) in [6.45, 7) is 0.408. The molecule has 0 bridgehead atoms. The minimum Gasteiger partial charge on any atom is -0.354 e. The van der Waals surface area contributed by atoms with E-state index in [0.29, 0.717) is 24.8 Å². The van der Waals surface area contributed by atoms with Gasteiger partial charge in [0.1, 0.15) is 6.33 Å². The SMILES string of the molecule is N#CCCNC(=O)CSc1nncn1C1CC1. The molecule has 1 fully saturated rings. The van der Waals surface area contributed by atoms with Gasteiger partial charge in [-0.15, -0.1) is 10.2 Å². The van der Waals surface area contributed by atoms with Crippen molar-refractivity contribution >= 4 is 17.7 Å². The van der Waals surface area contributed by atoms with Gasteiger partial charge in [0, 0.05) is 12.6 Å². The summed E-state index contributed by atoms with van der Waals surface area (Å²) in [5, 5.41) is 19.6. The molecule has 1 aromatic heterocycles. The normalized spacial score (nSPS) is 14.3. The van der Waals surface area contributed by atoms with E-state index in [1.165, 1.54) is 24.6 Å². The zero-order chi connectivity index (χ0) is 12.1. The number of rotatable bonds is 6. The largest absolute Gasteiger partial charge is 0.354 e. The lowest BCUT2D eigenvalue weighted by atomic mass is 10.4. The second kappa shape index (κ2) is 5.68. The Kier molecular flexibility index (Phi) is 3.98. The van der Waals surface area contributed by atoms with Crippen LogP contribution in [0.5, 0.6) is 0 Å². The molecule has 0 atom stereocenters. The van der Waals surface area contributed by atoms with Crippen LogP contribution in [0.3, 0.4) is 0 Å². The van der Waals surface area contributed by atoms with E-state index in [-0.39, 0.29) is 5.91 Å². The second-order valence-electron chi connectivity index (χ2n) is 3.80. The maximum atomic E-state index is 11.4. The van der Waals surface area contributed by atoms with Crippen LogP contribution in [0.15, 0.2) is 11.5 Å². The van der Waals surface area contributed by atoms with Crippen LogP contribution in [0.1, 0.15) is 25.3 Å². The van der Waals surface area contributed by atoms with Gasteiger partial charge < -0.3 is 9.88 Å². The van der Waals surface area contributed by atoms with E-state index < -0.39 is 0 Å². The first-order valence-electron chi connectivity index (χ1n) is 5.47. The molecule has 0 unspecified atom stereocenters. The number of carbonyl (C=O) groups excluding carboxylic acids is 1. The lowest BCUT2D eigenvalue weighted by Crippen LogP contribution is -2.26. The second-order valence-corrected chi connectivity index (χ2v) is 4.74. The van der Waals surface area contributed by atoms with Gasteiger partial charge in [0.05, 0.1) is 18.2 Å².